The van der Waals surface area contributed by atoms with Gasteiger partial charge in [0.2, 0.25) is 0 Å². The minimum atomic E-state index is 0.399. The molecule has 0 aliphatic carbocycles. The summed E-state index contributed by atoms with van der Waals surface area (Å²) < 4.78 is 5.99. The fourth-order valence-corrected chi connectivity index (χ4v) is 2.79. The molecule has 0 aromatic heterocycles. The molecule has 0 radical (unpaired) electrons. The van der Waals surface area contributed by atoms with Crippen LogP contribution in [0.3, 0.4) is 0 Å². The Morgan fingerprint density at radius 2 is 2.00 bits per heavy atom. The predicted octanol–water partition coefficient (Wildman–Crippen LogP) is 4.66. The van der Waals surface area contributed by atoms with Gasteiger partial charge in [-0.25, -0.2) is 0 Å². The van der Waals surface area contributed by atoms with Crippen molar-refractivity contribution in [3.05, 3.63) is 29.8 Å². The van der Waals surface area contributed by atoms with E-state index in [-0.39, 0.29) is 0 Å². The van der Waals surface area contributed by atoms with Gasteiger partial charge in [-0.2, -0.15) is 11.8 Å². The molecule has 1 aromatic carbocycles. The Hall–Kier alpha value is -0.670. The van der Waals surface area contributed by atoms with Crippen LogP contribution < -0.4 is 10.1 Å². The van der Waals surface area contributed by atoms with Gasteiger partial charge in [-0.05, 0) is 43.4 Å². The Bertz CT molecular complexity index is 357. The summed E-state index contributed by atoms with van der Waals surface area (Å²) in [5.74, 6) is 3.42. The van der Waals surface area contributed by atoms with E-state index < -0.39 is 0 Å². The predicted molar refractivity (Wildman–Crippen MR) is 90.9 cm³/mol. The maximum Gasteiger partial charge on any atom is 0.124 e. The number of rotatable bonds is 11. The normalized spacial score (nSPS) is 12.3. The Kier molecular flexibility index (Phi) is 9.60. The monoisotopic (exact) mass is 295 g/mol. The van der Waals surface area contributed by atoms with Crippen LogP contribution in [-0.4, -0.2) is 24.7 Å². The summed E-state index contributed by atoms with van der Waals surface area (Å²) in [4.78, 5) is 0. The molecule has 0 amide bonds. The average Bonchev–Trinajstić information content (AvgIpc) is 2.49. The second kappa shape index (κ2) is 11.0. The first-order chi connectivity index (χ1) is 9.83. The van der Waals surface area contributed by atoms with Crippen LogP contribution in [-0.2, 0) is 0 Å². The van der Waals surface area contributed by atoms with Crippen molar-refractivity contribution >= 4 is 11.8 Å². The summed E-state index contributed by atoms with van der Waals surface area (Å²) in [6.45, 7) is 8.50. The molecule has 20 heavy (non-hydrogen) atoms. The molecule has 114 valence electrons. The molecule has 0 fully saturated rings. The van der Waals surface area contributed by atoms with Crippen LogP contribution in [0.25, 0.3) is 0 Å². The van der Waals surface area contributed by atoms with E-state index in [1.165, 1.54) is 17.1 Å². The van der Waals surface area contributed by atoms with Crippen LogP contribution in [0.1, 0.15) is 51.6 Å². The molecule has 0 aliphatic heterocycles. The van der Waals surface area contributed by atoms with Gasteiger partial charge in [0.05, 0.1) is 6.61 Å². The van der Waals surface area contributed by atoms with Crippen molar-refractivity contribution in [1.82, 2.24) is 5.32 Å². The zero-order valence-electron chi connectivity index (χ0n) is 13.2. The second-order valence-corrected chi connectivity index (χ2v) is 6.25. The summed E-state index contributed by atoms with van der Waals surface area (Å²) in [6.07, 6.45) is 3.37. The third-order valence-electron chi connectivity index (χ3n) is 3.24. The van der Waals surface area contributed by atoms with E-state index in [4.69, 9.17) is 4.74 Å². The molecule has 1 rings (SSSR count). The first-order valence-corrected chi connectivity index (χ1v) is 9.01. The number of nitrogens with one attached hydrogen (secondary N) is 1. The minimum Gasteiger partial charge on any atom is -0.493 e. The van der Waals surface area contributed by atoms with Crippen molar-refractivity contribution < 1.29 is 4.74 Å². The molecule has 0 saturated carbocycles. The average molecular weight is 295 g/mol. The van der Waals surface area contributed by atoms with Gasteiger partial charge in [0.25, 0.3) is 0 Å². The zero-order valence-corrected chi connectivity index (χ0v) is 14.0. The first kappa shape index (κ1) is 17.4. The topological polar surface area (TPSA) is 21.3 Å². The minimum absolute atomic E-state index is 0.399. The molecular weight excluding hydrogens is 266 g/mol. The summed E-state index contributed by atoms with van der Waals surface area (Å²) in [5.41, 5.74) is 1.30. The number of hydrogen-bond acceptors (Lipinski definition) is 3. The fourth-order valence-electron chi connectivity index (χ4n) is 2.18. The highest BCUT2D eigenvalue weighted by Gasteiger charge is 2.13. The molecule has 0 saturated heterocycles. The standard InChI is InChI=1S/C17H29NOS/c1-4-12-18-16(5-2)15-10-7-8-11-17(15)19-13-9-14-20-6-3/h7-8,10-11,16,18H,4-6,9,12-14H2,1-3H3. The van der Waals surface area contributed by atoms with E-state index in [9.17, 15) is 0 Å². The van der Waals surface area contributed by atoms with Crippen molar-refractivity contribution in [3.63, 3.8) is 0 Å². The van der Waals surface area contributed by atoms with Crippen molar-refractivity contribution in [3.8, 4) is 5.75 Å². The summed E-state index contributed by atoms with van der Waals surface area (Å²) >= 11 is 1.98. The van der Waals surface area contributed by atoms with Crippen molar-refractivity contribution in [1.29, 1.82) is 0 Å². The first-order valence-electron chi connectivity index (χ1n) is 7.86. The maximum absolute atomic E-state index is 5.99. The molecule has 3 heteroatoms. The van der Waals surface area contributed by atoms with Crippen LogP contribution in [0, 0.1) is 0 Å². The van der Waals surface area contributed by atoms with Gasteiger partial charge in [-0.3, -0.25) is 0 Å². The Morgan fingerprint density at radius 3 is 2.70 bits per heavy atom. The number of ether oxygens (including phenoxy) is 1. The maximum atomic E-state index is 5.99. The lowest BCUT2D eigenvalue weighted by Gasteiger charge is -2.20. The third kappa shape index (κ3) is 6.19. The van der Waals surface area contributed by atoms with Gasteiger partial charge in [-0.15, -0.1) is 0 Å². The Morgan fingerprint density at radius 1 is 1.20 bits per heavy atom. The summed E-state index contributed by atoms with van der Waals surface area (Å²) in [5, 5.41) is 3.60. The van der Waals surface area contributed by atoms with Crippen LogP contribution in [0.15, 0.2) is 24.3 Å². The molecule has 0 heterocycles. The summed E-state index contributed by atoms with van der Waals surface area (Å²) in [7, 11) is 0. The van der Waals surface area contributed by atoms with Crippen LogP contribution in [0.4, 0.5) is 0 Å². The van der Waals surface area contributed by atoms with E-state index in [1.807, 2.05) is 11.8 Å². The van der Waals surface area contributed by atoms with Crippen LogP contribution >= 0.6 is 11.8 Å². The molecule has 0 bridgehead atoms. The van der Waals surface area contributed by atoms with Crippen LogP contribution in [0.2, 0.25) is 0 Å². The zero-order chi connectivity index (χ0) is 14.6. The van der Waals surface area contributed by atoms with Crippen LogP contribution in [0.5, 0.6) is 5.75 Å². The Balaban J connectivity index is 2.57. The van der Waals surface area contributed by atoms with E-state index in [0.29, 0.717) is 6.04 Å². The van der Waals surface area contributed by atoms with Gasteiger partial charge in [-0.1, -0.05) is 39.0 Å². The number of para-hydroxylation sites is 1. The fraction of sp³-hybridized carbons (Fsp3) is 0.647. The highest BCUT2D eigenvalue weighted by atomic mass is 32.2. The van der Waals surface area contributed by atoms with Gasteiger partial charge in [0, 0.05) is 11.6 Å². The molecular formula is C17H29NOS. The Labute approximate surface area is 128 Å². The van der Waals surface area contributed by atoms with E-state index in [0.717, 1.165) is 38.2 Å². The van der Waals surface area contributed by atoms with Gasteiger partial charge >= 0.3 is 0 Å². The lowest BCUT2D eigenvalue weighted by atomic mass is 10.0. The number of thioether (sulfide) groups is 1. The van der Waals surface area contributed by atoms with Gasteiger partial charge in [0.15, 0.2) is 0 Å². The molecule has 1 N–H and O–H groups in total. The quantitative estimate of drug-likeness (QED) is 0.600. The highest BCUT2D eigenvalue weighted by Crippen LogP contribution is 2.27. The molecule has 0 spiro atoms. The molecule has 0 aliphatic rings. The van der Waals surface area contributed by atoms with Gasteiger partial charge in [0.1, 0.15) is 5.75 Å². The van der Waals surface area contributed by atoms with E-state index >= 15 is 0 Å². The SMILES string of the molecule is CCCNC(CC)c1ccccc1OCCCSCC. The van der Waals surface area contributed by atoms with E-state index in [1.54, 1.807) is 0 Å². The third-order valence-corrected chi connectivity index (χ3v) is 4.22. The highest BCUT2D eigenvalue weighted by molar-refractivity contribution is 7.99. The van der Waals surface area contributed by atoms with Crippen molar-refractivity contribution in [2.24, 2.45) is 0 Å². The molecule has 1 atom stereocenters. The van der Waals surface area contributed by atoms with E-state index in [2.05, 4.69) is 50.4 Å². The lowest BCUT2D eigenvalue weighted by Crippen LogP contribution is -2.22. The smallest absolute Gasteiger partial charge is 0.124 e. The van der Waals surface area contributed by atoms with Crippen molar-refractivity contribution in [2.75, 3.05) is 24.7 Å². The van der Waals surface area contributed by atoms with Crippen molar-refractivity contribution in [2.45, 2.75) is 46.1 Å². The molecule has 2 nitrogen and oxygen atoms in total. The molecule has 1 aromatic rings. The number of hydrogen-bond donors (Lipinski definition) is 1. The molecule has 1 unspecified atom stereocenters. The second-order valence-electron chi connectivity index (χ2n) is 4.85. The number of benzene rings is 1. The largest absolute Gasteiger partial charge is 0.493 e. The summed E-state index contributed by atoms with van der Waals surface area (Å²) in [6, 6.07) is 8.85. The lowest BCUT2D eigenvalue weighted by molar-refractivity contribution is 0.310. The van der Waals surface area contributed by atoms with Gasteiger partial charge < -0.3 is 10.1 Å².